The monoisotopic (exact) mass is 492 g/mol. The van der Waals surface area contributed by atoms with Gasteiger partial charge in [0.1, 0.15) is 0 Å². The average Bonchev–Trinajstić information content (AvgIpc) is 2.98. The van der Waals surface area contributed by atoms with Crippen molar-refractivity contribution in [3.8, 4) is 0 Å². The molecule has 0 spiro atoms. The standard InChI is InChI=1S/C17H14F6Se2/c1-7-5-11(9(3)24-7)13-14(12-6-8(2)25-10(12)4)16(20,21)17(22,23)15(13,18)19/h5-6H,1-4H3. The number of allylic oxidation sites excluding steroid dienone is 2. The second kappa shape index (κ2) is 5.66. The number of rotatable bonds is 2. The molecule has 0 radical (unpaired) electrons. The molecule has 2 heterocycles. The molecule has 0 aromatic carbocycles. The molecule has 1 aliphatic carbocycles. The molecule has 136 valence electrons. The summed E-state index contributed by atoms with van der Waals surface area (Å²) in [4.78, 5) is 0. The van der Waals surface area contributed by atoms with Crippen LogP contribution in [0.4, 0.5) is 26.3 Å². The summed E-state index contributed by atoms with van der Waals surface area (Å²) in [5.41, 5.74) is -2.70. The molecule has 0 nitrogen and oxygen atoms in total. The maximum atomic E-state index is 14.6. The van der Waals surface area contributed by atoms with Crippen molar-refractivity contribution in [2.45, 2.75) is 45.5 Å². The third-order valence-corrected chi connectivity index (χ3v) is 8.34. The number of aryl methyl sites for hydroxylation is 4. The molecule has 3 rings (SSSR count). The van der Waals surface area contributed by atoms with Crippen LogP contribution in [0.2, 0.25) is 0 Å². The van der Waals surface area contributed by atoms with E-state index in [1.165, 1.54) is 12.1 Å². The summed E-state index contributed by atoms with van der Waals surface area (Å²) < 4.78 is 89.0. The molecule has 0 fully saturated rings. The Labute approximate surface area is 153 Å². The van der Waals surface area contributed by atoms with Gasteiger partial charge in [0.2, 0.25) is 0 Å². The first-order valence-electron chi connectivity index (χ1n) is 7.36. The Kier molecular flexibility index (Phi) is 4.32. The second-order valence-corrected chi connectivity index (χ2v) is 12.3. The van der Waals surface area contributed by atoms with Crippen molar-refractivity contribution in [3.63, 3.8) is 0 Å². The first-order valence-corrected chi connectivity index (χ1v) is 10.8. The third-order valence-electron chi connectivity index (χ3n) is 4.29. The van der Waals surface area contributed by atoms with Gasteiger partial charge in [-0.2, -0.15) is 0 Å². The number of hydrogen-bond donors (Lipinski definition) is 0. The van der Waals surface area contributed by atoms with E-state index in [4.69, 9.17) is 0 Å². The van der Waals surface area contributed by atoms with Crippen LogP contribution in [0.3, 0.4) is 0 Å². The summed E-state index contributed by atoms with van der Waals surface area (Å²) >= 11 is -0.572. The van der Waals surface area contributed by atoms with Crippen LogP contribution < -0.4 is 0 Å². The van der Waals surface area contributed by atoms with Crippen LogP contribution in [0.15, 0.2) is 12.1 Å². The van der Waals surface area contributed by atoms with E-state index in [9.17, 15) is 26.3 Å². The summed E-state index contributed by atoms with van der Waals surface area (Å²) in [7, 11) is 0. The van der Waals surface area contributed by atoms with Gasteiger partial charge in [-0.25, -0.2) is 0 Å². The molecule has 2 aromatic rings. The van der Waals surface area contributed by atoms with Gasteiger partial charge in [0.15, 0.2) is 0 Å². The van der Waals surface area contributed by atoms with Crippen LogP contribution in [0.5, 0.6) is 0 Å². The number of hydrogen-bond acceptors (Lipinski definition) is 0. The number of alkyl halides is 6. The minimum absolute atomic E-state index is 0.153. The van der Waals surface area contributed by atoms with Gasteiger partial charge >= 0.3 is 153 Å². The summed E-state index contributed by atoms with van der Waals surface area (Å²) in [6.07, 6.45) is 0. The van der Waals surface area contributed by atoms with Crippen LogP contribution in [-0.4, -0.2) is 46.8 Å². The van der Waals surface area contributed by atoms with Gasteiger partial charge in [-0.3, -0.25) is 0 Å². The normalized spacial score (nSPS) is 21.2. The Hall–Kier alpha value is -0.681. The van der Waals surface area contributed by atoms with Crippen LogP contribution in [0.1, 0.15) is 28.9 Å². The van der Waals surface area contributed by atoms with Gasteiger partial charge in [-0.1, -0.05) is 0 Å². The van der Waals surface area contributed by atoms with E-state index < -0.39 is 28.9 Å². The first-order chi connectivity index (χ1) is 11.3. The molecule has 0 saturated carbocycles. The average molecular weight is 490 g/mol. The molecule has 0 saturated heterocycles. The van der Waals surface area contributed by atoms with Gasteiger partial charge in [-0.05, 0) is 0 Å². The molecular formula is C17H14F6Se2. The van der Waals surface area contributed by atoms with Crippen LogP contribution in [-0.2, 0) is 0 Å². The fourth-order valence-electron chi connectivity index (χ4n) is 3.19. The Bertz CT molecular complexity index is 815. The Morgan fingerprint density at radius 1 is 0.640 bits per heavy atom. The maximum absolute atomic E-state index is 14.6. The SMILES string of the molecule is Cc1cc(C2=C(c3cc(C)[se]c3C)C(F)(F)C(F)(F)C2(F)F)c(C)[se]1. The van der Waals surface area contributed by atoms with E-state index in [0.29, 0.717) is 8.87 Å². The quantitative estimate of drug-likeness (QED) is 0.417. The van der Waals surface area contributed by atoms with Crippen molar-refractivity contribution < 1.29 is 26.3 Å². The van der Waals surface area contributed by atoms with E-state index >= 15 is 0 Å². The van der Waals surface area contributed by atoms with Crippen molar-refractivity contribution in [1.29, 1.82) is 0 Å². The van der Waals surface area contributed by atoms with Gasteiger partial charge in [-0.15, -0.1) is 0 Å². The molecule has 0 unspecified atom stereocenters. The Morgan fingerprint density at radius 2 is 0.960 bits per heavy atom. The Balaban J connectivity index is 2.46. The molecule has 0 atom stereocenters. The van der Waals surface area contributed by atoms with Crippen LogP contribution in [0, 0.1) is 27.7 Å². The van der Waals surface area contributed by atoms with Crippen molar-refractivity contribution >= 4 is 40.2 Å². The molecule has 0 bridgehead atoms. The van der Waals surface area contributed by atoms with Gasteiger partial charge in [0, 0.05) is 0 Å². The van der Waals surface area contributed by atoms with E-state index in [1.54, 1.807) is 27.7 Å². The van der Waals surface area contributed by atoms with E-state index in [1.807, 2.05) is 0 Å². The second-order valence-electron chi connectivity index (χ2n) is 6.13. The van der Waals surface area contributed by atoms with Gasteiger partial charge in [0.25, 0.3) is 0 Å². The predicted molar refractivity (Wildman–Crippen MR) is 87.4 cm³/mol. The van der Waals surface area contributed by atoms with Crippen molar-refractivity contribution in [2.24, 2.45) is 0 Å². The molecule has 0 aliphatic heterocycles. The summed E-state index contributed by atoms with van der Waals surface area (Å²) in [5, 5.41) is 0. The zero-order chi connectivity index (χ0) is 18.9. The third kappa shape index (κ3) is 2.48. The van der Waals surface area contributed by atoms with E-state index in [2.05, 4.69) is 0 Å². The molecular weight excluding hydrogens is 476 g/mol. The van der Waals surface area contributed by atoms with Crippen molar-refractivity contribution in [3.05, 3.63) is 41.0 Å². The summed E-state index contributed by atoms with van der Waals surface area (Å²) in [5.74, 6) is -15.3. The van der Waals surface area contributed by atoms with Crippen LogP contribution >= 0.6 is 0 Å². The predicted octanol–water partition coefficient (Wildman–Crippen LogP) is 4.86. The summed E-state index contributed by atoms with van der Waals surface area (Å²) in [6.45, 7) is 6.46. The molecule has 0 amide bonds. The van der Waals surface area contributed by atoms with E-state index in [0.717, 1.165) is 8.87 Å². The molecule has 1 aliphatic rings. The van der Waals surface area contributed by atoms with Crippen LogP contribution in [0.25, 0.3) is 11.1 Å². The van der Waals surface area contributed by atoms with Crippen molar-refractivity contribution in [1.82, 2.24) is 0 Å². The fourth-order valence-corrected chi connectivity index (χ4v) is 7.10. The topological polar surface area (TPSA) is 0 Å². The molecule has 2 aromatic heterocycles. The van der Waals surface area contributed by atoms with Crippen molar-refractivity contribution in [2.75, 3.05) is 0 Å². The Morgan fingerprint density at radius 3 is 1.20 bits per heavy atom. The molecule has 0 N–H and O–H groups in total. The van der Waals surface area contributed by atoms with Gasteiger partial charge < -0.3 is 0 Å². The number of halogens is 6. The minimum atomic E-state index is -5.46. The summed E-state index contributed by atoms with van der Waals surface area (Å²) in [6, 6.07) is 2.70. The first kappa shape index (κ1) is 19.1. The van der Waals surface area contributed by atoms with Gasteiger partial charge in [0.05, 0.1) is 0 Å². The molecule has 8 heteroatoms. The fraction of sp³-hybridized carbons (Fsp3) is 0.412. The zero-order valence-corrected chi connectivity index (χ0v) is 17.2. The molecule has 25 heavy (non-hydrogen) atoms. The van der Waals surface area contributed by atoms with E-state index in [-0.39, 0.29) is 40.1 Å². The zero-order valence-electron chi connectivity index (χ0n) is 13.7.